The molecule has 0 radical (unpaired) electrons. The highest BCUT2D eigenvalue weighted by atomic mass is 32.1. The van der Waals surface area contributed by atoms with Gasteiger partial charge >= 0.3 is 0 Å². The fraction of sp³-hybridized carbons (Fsp3) is 0.269. The smallest absolute Gasteiger partial charge is 0.174 e. The molecule has 4 nitrogen and oxygen atoms in total. The molecule has 0 spiro atoms. The van der Waals surface area contributed by atoms with Crippen LogP contribution >= 0.6 is 12.2 Å². The summed E-state index contributed by atoms with van der Waals surface area (Å²) < 4.78 is 18.4. The van der Waals surface area contributed by atoms with E-state index >= 15 is 0 Å². The molecule has 3 aromatic rings. The number of hydrogen-bond donors (Lipinski definition) is 2. The van der Waals surface area contributed by atoms with Crippen molar-refractivity contribution >= 4 is 23.0 Å². The third-order valence-electron chi connectivity index (χ3n) is 5.92. The van der Waals surface area contributed by atoms with Crippen LogP contribution in [0.4, 0.5) is 10.1 Å². The van der Waals surface area contributed by atoms with Crippen molar-refractivity contribution in [3.8, 4) is 11.5 Å². The van der Waals surface area contributed by atoms with Crippen molar-refractivity contribution in [3.05, 3.63) is 89.7 Å². The number of methoxy groups -OCH3 is 1. The predicted molar refractivity (Wildman–Crippen MR) is 130 cm³/mol. The Kier molecular flexibility index (Phi) is 6.90. The maximum absolute atomic E-state index is 13.1. The highest BCUT2D eigenvalue weighted by molar-refractivity contribution is 7.80. The van der Waals surface area contributed by atoms with E-state index in [1.807, 2.05) is 54.6 Å². The van der Waals surface area contributed by atoms with Gasteiger partial charge in [0, 0.05) is 17.3 Å². The number of benzene rings is 3. The molecule has 166 valence electrons. The summed E-state index contributed by atoms with van der Waals surface area (Å²) in [5, 5.41) is 14.9. The molecule has 0 bridgehead atoms. The fourth-order valence-corrected chi connectivity index (χ4v) is 4.68. The number of thiocarbonyl (C=S) groups is 1. The van der Waals surface area contributed by atoms with E-state index in [0.717, 1.165) is 42.5 Å². The summed E-state index contributed by atoms with van der Waals surface area (Å²) in [6, 6.07) is 22.0. The van der Waals surface area contributed by atoms with Gasteiger partial charge in [0.2, 0.25) is 0 Å². The summed E-state index contributed by atoms with van der Waals surface area (Å²) in [5.41, 5.74) is 2.93. The standard InChI is InChI=1S/C26H27FN2O2S/c1-31-21-15-16-22(24(30)17-21)25-23(10-6-5-7-18-11-13-19(27)14-12-18)28-26(32)29(25)20-8-3-2-4-9-20/h2-4,8-9,11-17,23,25,30H,5-7,10H2,1H3,(H,28,32). The minimum atomic E-state index is -0.208. The van der Waals surface area contributed by atoms with Gasteiger partial charge < -0.3 is 20.1 Å². The van der Waals surface area contributed by atoms with Crippen LogP contribution in [0.25, 0.3) is 0 Å². The Labute approximate surface area is 193 Å². The van der Waals surface area contributed by atoms with Crippen LogP contribution in [-0.2, 0) is 6.42 Å². The Bertz CT molecular complexity index is 1060. The maximum Gasteiger partial charge on any atom is 0.174 e. The quantitative estimate of drug-likeness (QED) is 0.338. The minimum Gasteiger partial charge on any atom is -0.507 e. The number of rotatable bonds is 8. The lowest BCUT2D eigenvalue weighted by molar-refractivity contribution is 0.402. The molecule has 2 unspecified atom stereocenters. The molecule has 1 aliphatic heterocycles. The van der Waals surface area contributed by atoms with E-state index < -0.39 is 0 Å². The van der Waals surface area contributed by atoms with Crippen LogP contribution in [0.5, 0.6) is 11.5 Å². The number of phenolic OH excluding ortho intramolecular Hbond substituents is 1. The van der Waals surface area contributed by atoms with Gasteiger partial charge in [0.15, 0.2) is 5.11 Å². The summed E-state index contributed by atoms with van der Waals surface area (Å²) in [7, 11) is 1.58. The van der Waals surface area contributed by atoms with Gasteiger partial charge in [-0.3, -0.25) is 0 Å². The SMILES string of the molecule is COc1ccc(C2C(CCCCc3ccc(F)cc3)NC(=S)N2c2ccccc2)c(O)c1. The Morgan fingerprint density at radius 2 is 1.78 bits per heavy atom. The first-order valence-electron chi connectivity index (χ1n) is 10.8. The molecule has 2 atom stereocenters. The molecule has 0 saturated carbocycles. The van der Waals surface area contributed by atoms with Crippen LogP contribution in [-0.4, -0.2) is 23.4 Å². The largest absolute Gasteiger partial charge is 0.507 e. The van der Waals surface area contributed by atoms with Gasteiger partial charge in [-0.2, -0.15) is 0 Å². The maximum atomic E-state index is 13.1. The second kappa shape index (κ2) is 10.0. The number of anilines is 1. The third kappa shape index (κ3) is 4.86. The average Bonchev–Trinajstić information content (AvgIpc) is 3.14. The molecule has 2 N–H and O–H groups in total. The number of aryl methyl sites for hydroxylation is 1. The van der Waals surface area contributed by atoms with Gasteiger partial charge in [-0.05, 0) is 73.4 Å². The first-order valence-corrected chi connectivity index (χ1v) is 11.2. The van der Waals surface area contributed by atoms with Gasteiger partial charge in [-0.1, -0.05) is 36.8 Å². The van der Waals surface area contributed by atoms with E-state index in [-0.39, 0.29) is 23.7 Å². The number of nitrogens with one attached hydrogen (secondary N) is 1. The van der Waals surface area contributed by atoms with Crippen LogP contribution in [0.15, 0.2) is 72.8 Å². The Morgan fingerprint density at radius 1 is 1.03 bits per heavy atom. The monoisotopic (exact) mass is 450 g/mol. The number of para-hydroxylation sites is 1. The Hall–Kier alpha value is -3.12. The van der Waals surface area contributed by atoms with E-state index in [4.69, 9.17) is 17.0 Å². The predicted octanol–water partition coefficient (Wildman–Crippen LogP) is 5.76. The molecule has 0 amide bonds. The molecule has 1 aliphatic rings. The first-order chi connectivity index (χ1) is 15.6. The molecule has 0 aliphatic carbocycles. The molecule has 1 fully saturated rings. The van der Waals surface area contributed by atoms with Crippen molar-refractivity contribution in [2.24, 2.45) is 0 Å². The van der Waals surface area contributed by atoms with Crippen LogP contribution in [0.1, 0.15) is 36.4 Å². The van der Waals surface area contributed by atoms with Gasteiger partial charge in [-0.15, -0.1) is 0 Å². The average molecular weight is 451 g/mol. The van der Waals surface area contributed by atoms with E-state index in [2.05, 4.69) is 10.2 Å². The molecule has 4 rings (SSSR count). The van der Waals surface area contributed by atoms with E-state index in [0.29, 0.717) is 10.9 Å². The molecular weight excluding hydrogens is 423 g/mol. The van der Waals surface area contributed by atoms with E-state index in [1.165, 1.54) is 12.1 Å². The zero-order valence-electron chi connectivity index (χ0n) is 18.0. The van der Waals surface area contributed by atoms with Crippen molar-refractivity contribution in [3.63, 3.8) is 0 Å². The molecule has 1 saturated heterocycles. The summed E-state index contributed by atoms with van der Waals surface area (Å²) in [4.78, 5) is 2.08. The normalized spacial score (nSPS) is 17.9. The van der Waals surface area contributed by atoms with Gasteiger partial charge in [-0.25, -0.2) is 4.39 Å². The first kappa shape index (κ1) is 22.1. The molecule has 32 heavy (non-hydrogen) atoms. The van der Waals surface area contributed by atoms with E-state index in [9.17, 15) is 9.50 Å². The lowest BCUT2D eigenvalue weighted by Crippen LogP contribution is -2.29. The zero-order valence-corrected chi connectivity index (χ0v) is 18.8. The second-order valence-corrected chi connectivity index (χ2v) is 8.39. The lowest BCUT2D eigenvalue weighted by Gasteiger charge is -2.29. The van der Waals surface area contributed by atoms with Crippen molar-refractivity contribution in [1.29, 1.82) is 0 Å². The summed E-state index contributed by atoms with van der Waals surface area (Å²) >= 11 is 5.71. The van der Waals surface area contributed by atoms with Crippen LogP contribution in [0.2, 0.25) is 0 Å². The van der Waals surface area contributed by atoms with Crippen molar-refractivity contribution in [2.45, 2.75) is 37.8 Å². The molecule has 3 aromatic carbocycles. The third-order valence-corrected chi connectivity index (χ3v) is 6.24. The topological polar surface area (TPSA) is 44.7 Å². The highest BCUT2D eigenvalue weighted by Crippen LogP contribution is 2.40. The second-order valence-electron chi connectivity index (χ2n) is 8.00. The van der Waals surface area contributed by atoms with Crippen LogP contribution in [0, 0.1) is 5.82 Å². The molecule has 1 heterocycles. The Morgan fingerprint density at radius 3 is 2.47 bits per heavy atom. The molecular formula is C26H27FN2O2S. The van der Waals surface area contributed by atoms with E-state index in [1.54, 1.807) is 13.2 Å². The van der Waals surface area contributed by atoms with Crippen molar-refractivity contribution in [2.75, 3.05) is 12.0 Å². The summed E-state index contributed by atoms with van der Waals surface area (Å²) in [6.07, 6.45) is 3.76. The highest BCUT2D eigenvalue weighted by Gasteiger charge is 2.39. The van der Waals surface area contributed by atoms with Crippen LogP contribution < -0.4 is 15.0 Å². The lowest BCUT2D eigenvalue weighted by atomic mass is 9.93. The van der Waals surface area contributed by atoms with Gasteiger partial charge in [0.1, 0.15) is 17.3 Å². The molecule has 0 aromatic heterocycles. The molecule has 6 heteroatoms. The van der Waals surface area contributed by atoms with Crippen molar-refractivity contribution < 1.29 is 14.2 Å². The number of ether oxygens (including phenoxy) is 1. The summed E-state index contributed by atoms with van der Waals surface area (Å²) in [6.45, 7) is 0. The number of unbranched alkanes of at least 4 members (excludes halogenated alkanes) is 1. The number of halogens is 1. The Balaban J connectivity index is 1.53. The number of nitrogens with zero attached hydrogens (tertiary/aromatic N) is 1. The minimum absolute atomic E-state index is 0.0511. The number of hydrogen-bond acceptors (Lipinski definition) is 3. The van der Waals surface area contributed by atoms with Gasteiger partial charge in [0.05, 0.1) is 19.2 Å². The van der Waals surface area contributed by atoms with Crippen molar-refractivity contribution in [1.82, 2.24) is 5.32 Å². The number of aromatic hydroxyl groups is 1. The zero-order chi connectivity index (χ0) is 22.5. The summed E-state index contributed by atoms with van der Waals surface area (Å²) in [5.74, 6) is 0.598. The number of phenols is 1. The van der Waals surface area contributed by atoms with Crippen LogP contribution in [0.3, 0.4) is 0 Å². The van der Waals surface area contributed by atoms with Gasteiger partial charge in [0.25, 0.3) is 0 Å². The fourth-order valence-electron chi connectivity index (χ4n) is 4.31.